The highest BCUT2D eigenvalue weighted by Crippen LogP contribution is 2.36. The van der Waals surface area contributed by atoms with Gasteiger partial charge in [-0.1, -0.05) is 23.7 Å². The van der Waals surface area contributed by atoms with Crippen molar-refractivity contribution in [2.24, 2.45) is 5.84 Å². The van der Waals surface area contributed by atoms with Crippen LogP contribution in [0.5, 0.6) is 0 Å². The van der Waals surface area contributed by atoms with Crippen LogP contribution in [0.25, 0.3) is 11.1 Å². The average molecular weight is 294 g/mol. The van der Waals surface area contributed by atoms with Crippen LogP contribution < -0.4 is 16.2 Å². The standard InChI is InChI=1S/C15H17ClFN3/c1-9-12(8-13(17)15(19-18)14(9)16)10-4-6-11(7-5-10)20(2)3/h4-8,19H,18H2,1-3H3. The number of nitrogens with two attached hydrogens (primary N) is 1. The van der Waals surface area contributed by atoms with Gasteiger partial charge in [-0.15, -0.1) is 0 Å². The van der Waals surface area contributed by atoms with E-state index in [2.05, 4.69) is 5.43 Å². The van der Waals surface area contributed by atoms with E-state index in [-0.39, 0.29) is 5.69 Å². The Kier molecular flexibility index (Phi) is 4.16. The van der Waals surface area contributed by atoms with Crippen LogP contribution in [0, 0.1) is 12.7 Å². The molecule has 0 atom stereocenters. The number of nitrogens with zero attached hydrogens (tertiary/aromatic N) is 1. The predicted octanol–water partition coefficient (Wildman–Crippen LogP) is 3.81. The van der Waals surface area contributed by atoms with Gasteiger partial charge in [0, 0.05) is 19.8 Å². The molecular formula is C15H17ClFN3. The molecule has 0 fully saturated rings. The summed E-state index contributed by atoms with van der Waals surface area (Å²) in [5, 5.41) is 0.305. The van der Waals surface area contributed by atoms with Gasteiger partial charge in [0.1, 0.15) is 11.5 Å². The third-order valence-corrected chi connectivity index (χ3v) is 3.77. The summed E-state index contributed by atoms with van der Waals surface area (Å²) >= 11 is 6.14. The maximum Gasteiger partial charge on any atom is 0.149 e. The second kappa shape index (κ2) is 5.69. The monoisotopic (exact) mass is 293 g/mol. The van der Waals surface area contributed by atoms with Crippen molar-refractivity contribution in [1.82, 2.24) is 0 Å². The van der Waals surface area contributed by atoms with Gasteiger partial charge in [-0.25, -0.2) is 4.39 Å². The second-order valence-corrected chi connectivity index (χ2v) is 5.18. The van der Waals surface area contributed by atoms with E-state index in [4.69, 9.17) is 17.4 Å². The minimum Gasteiger partial charge on any atom is -0.378 e. The summed E-state index contributed by atoms with van der Waals surface area (Å²) in [5.41, 5.74) is 5.96. The van der Waals surface area contributed by atoms with Gasteiger partial charge in [-0.2, -0.15) is 0 Å². The summed E-state index contributed by atoms with van der Waals surface area (Å²) in [6, 6.07) is 9.30. The first kappa shape index (κ1) is 14.6. The molecule has 2 rings (SSSR count). The van der Waals surface area contributed by atoms with Crippen LogP contribution in [0.3, 0.4) is 0 Å². The molecule has 2 aromatic rings. The van der Waals surface area contributed by atoms with Gasteiger partial charge in [0.25, 0.3) is 0 Å². The number of nitrogens with one attached hydrogen (secondary N) is 1. The van der Waals surface area contributed by atoms with Gasteiger partial charge < -0.3 is 10.3 Å². The summed E-state index contributed by atoms with van der Waals surface area (Å²) in [7, 11) is 3.94. The highest BCUT2D eigenvalue weighted by molar-refractivity contribution is 6.34. The van der Waals surface area contributed by atoms with E-state index in [1.807, 2.05) is 50.2 Å². The Hall–Kier alpha value is -1.78. The van der Waals surface area contributed by atoms with E-state index < -0.39 is 5.82 Å². The fourth-order valence-electron chi connectivity index (χ4n) is 2.09. The average Bonchev–Trinajstić information content (AvgIpc) is 2.43. The van der Waals surface area contributed by atoms with E-state index in [0.717, 1.165) is 22.4 Å². The Morgan fingerprint density at radius 3 is 2.30 bits per heavy atom. The number of hydrogen-bond donors (Lipinski definition) is 2. The first-order valence-electron chi connectivity index (χ1n) is 6.18. The summed E-state index contributed by atoms with van der Waals surface area (Å²) in [5.74, 6) is 4.82. The van der Waals surface area contributed by atoms with Gasteiger partial charge in [-0.05, 0) is 41.8 Å². The summed E-state index contributed by atoms with van der Waals surface area (Å²) in [4.78, 5) is 2.01. The van der Waals surface area contributed by atoms with Crippen LogP contribution in [-0.4, -0.2) is 14.1 Å². The first-order valence-corrected chi connectivity index (χ1v) is 6.56. The zero-order chi connectivity index (χ0) is 14.9. The molecule has 0 aliphatic rings. The quantitative estimate of drug-likeness (QED) is 0.668. The predicted molar refractivity (Wildman–Crippen MR) is 83.7 cm³/mol. The largest absolute Gasteiger partial charge is 0.378 e. The lowest BCUT2D eigenvalue weighted by molar-refractivity contribution is 0.631. The number of hydrogen-bond acceptors (Lipinski definition) is 3. The van der Waals surface area contributed by atoms with Crippen LogP contribution in [0.2, 0.25) is 5.02 Å². The molecule has 3 N–H and O–H groups in total. The van der Waals surface area contributed by atoms with Crippen LogP contribution in [0.15, 0.2) is 30.3 Å². The molecule has 0 bridgehead atoms. The Morgan fingerprint density at radius 2 is 1.80 bits per heavy atom. The van der Waals surface area contributed by atoms with Crippen LogP contribution >= 0.6 is 11.6 Å². The van der Waals surface area contributed by atoms with Gasteiger partial charge in [0.15, 0.2) is 0 Å². The van der Waals surface area contributed by atoms with E-state index in [0.29, 0.717) is 5.02 Å². The van der Waals surface area contributed by atoms with Gasteiger partial charge >= 0.3 is 0 Å². The number of benzene rings is 2. The number of hydrazine groups is 1. The van der Waals surface area contributed by atoms with Crippen LogP contribution in [0.1, 0.15) is 5.56 Å². The molecule has 0 aliphatic heterocycles. The van der Waals surface area contributed by atoms with E-state index in [1.165, 1.54) is 6.07 Å². The van der Waals surface area contributed by atoms with E-state index in [1.54, 1.807) is 0 Å². The molecule has 0 amide bonds. The van der Waals surface area contributed by atoms with E-state index >= 15 is 0 Å². The molecule has 20 heavy (non-hydrogen) atoms. The lowest BCUT2D eigenvalue weighted by Gasteiger charge is -2.15. The fourth-order valence-corrected chi connectivity index (χ4v) is 2.34. The van der Waals surface area contributed by atoms with Crippen molar-refractivity contribution in [2.45, 2.75) is 6.92 Å². The van der Waals surface area contributed by atoms with E-state index in [9.17, 15) is 4.39 Å². The van der Waals surface area contributed by atoms with Crippen molar-refractivity contribution in [3.05, 3.63) is 46.7 Å². The molecule has 0 spiro atoms. The molecule has 0 unspecified atom stereocenters. The number of anilines is 2. The van der Waals surface area contributed by atoms with Crippen molar-refractivity contribution in [3.8, 4) is 11.1 Å². The van der Waals surface area contributed by atoms with Crippen molar-refractivity contribution < 1.29 is 4.39 Å². The highest BCUT2D eigenvalue weighted by Gasteiger charge is 2.14. The molecule has 3 nitrogen and oxygen atoms in total. The van der Waals surface area contributed by atoms with Crippen LogP contribution in [-0.2, 0) is 0 Å². The Bertz CT molecular complexity index is 624. The molecule has 0 heterocycles. The number of nitrogen functional groups attached to an aromatic ring is 1. The normalized spacial score (nSPS) is 10.5. The third-order valence-electron chi connectivity index (χ3n) is 3.30. The van der Waals surface area contributed by atoms with Crippen LogP contribution in [0.4, 0.5) is 15.8 Å². The molecule has 0 saturated carbocycles. The lowest BCUT2D eigenvalue weighted by atomic mass is 9.99. The summed E-state index contributed by atoms with van der Waals surface area (Å²) in [6.45, 7) is 1.85. The third kappa shape index (κ3) is 2.57. The zero-order valence-electron chi connectivity index (χ0n) is 11.7. The molecule has 0 radical (unpaired) electrons. The molecule has 5 heteroatoms. The maximum atomic E-state index is 13.9. The van der Waals surface area contributed by atoms with Crippen molar-refractivity contribution in [3.63, 3.8) is 0 Å². The van der Waals surface area contributed by atoms with Crippen molar-refractivity contribution >= 4 is 23.0 Å². The highest BCUT2D eigenvalue weighted by atomic mass is 35.5. The molecule has 0 aromatic heterocycles. The molecule has 0 aliphatic carbocycles. The molecular weight excluding hydrogens is 277 g/mol. The summed E-state index contributed by atoms with van der Waals surface area (Å²) < 4.78 is 13.9. The molecule has 106 valence electrons. The molecule has 2 aromatic carbocycles. The van der Waals surface area contributed by atoms with Crippen molar-refractivity contribution in [2.75, 3.05) is 24.4 Å². The van der Waals surface area contributed by atoms with Gasteiger partial charge in [0.05, 0.1) is 5.02 Å². The SMILES string of the molecule is Cc1c(-c2ccc(N(C)C)cc2)cc(F)c(NN)c1Cl. The Morgan fingerprint density at radius 1 is 1.20 bits per heavy atom. The summed E-state index contributed by atoms with van der Waals surface area (Å²) in [6.07, 6.45) is 0. The molecule has 0 saturated heterocycles. The maximum absolute atomic E-state index is 13.9. The second-order valence-electron chi connectivity index (χ2n) is 4.81. The van der Waals surface area contributed by atoms with Gasteiger partial charge in [0.2, 0.25) is 0 Å². The lowest BCUT2D eigenvalue weighted by Crippen LogP contribution is -2.10. The zero-order valence-corrected chi connectivity index (χ0v) is 12.4. The fraction of sp³-hybridized carbons (Fsp3) is 0.200. The smallest absolute Gasteiger partial charge is 0.149 e. The minimum atomic E-state index is -0.463. The number of rotatable bonds is 3. The minimum absolute atomic E-state index is 0.123. The Labute approximate surface area is 123 Å². The first-order chi connectivity index (χ1) is 9.45. The Balaban J connectivity index is 2.53. The van der Waals surface area contributed by atoms with Gasteiger partial charge in [-0.3, -0.25) is 5.84 Å². The number of halogens is 2. The topological polar surface area (TPSA) is 41.3 Å². The van der Waals surface area contributed by atoms with Crippen molar-refractivity contribution in [1.29, 1.82) is 0 Å².